The van der Waals surface area contributed by atoms with Crippen LogP contribution in [-0.4, -0.2) is 39.0 Å². The summed E-state index contributed by atoms with van der Waals surface area (Å²) in [5.41, 5.74) is 0. The zero-order valence-electron chi connectivity index (χ0n) is 8.59. The Balaban J connectivity index is 3.33. The lowest BCUT2D eigenvalue weighted by Crippen LogP contribution is -2.39. The van der Waals surface area contributed by atoms with E-state index in [2.05, 4.69) is 19.2 Å². The van der Waals surface area contributed by atoms with Crippen LogP contribution in [0.1, 0.15) is 20.8 Å². The summed E-state index contributed by atoms with van der Waals surface area (Å²) in [6, 6.07) is 0.792. The second-order valence-electron chi connectivity index (χ2n) is 3.08. The molecule has 0 radical (unpaired) electrons. The third-order valence-corrected chi connectivity index (χ3v) is 1.56. The zero-order valence-corrected chi connectivity index (χ0v) is 8.59. The van der Waals surface area contributed by atoms with E-state index in [1.54, 1.807) is 7.11 Å². The van der Waals surface area contributed by atoms with E-state index < -0.39 is 0 Å². The molecule has 74 valence electrons. The molecule has 0 amide bonds. The summed E-state index contributed by atoms with van der Waals surface area (Å²) in [7, 11) is 1.71. The molecule has 0 saturated heterocycles. The number of ether oxygens (including phenoxy) is 2. The largest absolute Gasteiger partial charge is 0.383 e. The van der Waals surface area contributed by atoms with Crippen LogP contribution < -0.4 is 5.32 Å². The summed E-state index contributed by atoms with van der Waals surface area (Å²) < 4.78 is 10.3. The van der Waals surface area contributed by atoms with Crippen LogP contribution in [0.4, 0.5) is 0 Å². The van der Waals surface area contributed by atoms with E-state index >= 15 is 0 Å². The molecule has 3 heteroatoms. The lowest BCUT2D eigenvalue weighted by molar-refractivity contribution is 0.112. The van der Waals surface area contributed by atoms with Crippen molar-refractivity contribution in [2.24, 2.45) is 0 Å². The maximum absolute atomic E-state index is 5.27. The molecule has 0 aliphatic rings. The fraction of sp³-hybridized carbons (Fsp3) is 1.00. The van der Waals surface area contributed by atoms with Crippen LogP contribution in [0.25, 0.3) is 0 Å². The molecule has 1 N–H and O–H groups in total. The van der Waals surface area contributed by atoms with Gasteiger partial charge >= 0.3 is 0 Å². The Morgan fingerprint density at radius 2 is 1.75 bits per heavy atom. The van der Waals surface area contributed by atoms with Crippen molar-refractivity contribution in [2.75, 3.05) is 26.9 Å². The molecular weight excluding hydrogens is 154 g/mol. The minimum absolute atomic E-state index is 0.394. The number of hydrogen-bond donors (Lipinski definition) is 1. The molecule has 2 unspecified atom stereocenters. The summed E-state index contributed by atoms with van der Waals surface area (Å²) in [5, 5.41) is 3.37. The highest BCUT2D eigenvalue weighted by Gasteiger charge is 2.05. The minimum Gasteiger partial charge on any atom is -0.383 e. The Kier molecular flexibility index (Phi) is 7.45. The van der Waals surface area contributed by atoms with Gasteiger partial charge < -0.3 is 14.8 Å². The molecule has 0 aliphatic carbocycles. The van der Waals surface area contributed by atoms with Crippen LogP contribution in [-0.2, 0) is 9.47 Å². The smallest absolute Gasteiger partial charge is 0.0616 e. The molecule has 0 aromatic heterocycles. The van der Waals surface area contributed by atoms with Crippen LogP contribution in [0.15, 0.2) is 0 Å². The Hall–Kier alpha value is -0.120. The third-order valence-electron chi connectivity index (χ3n) is 1.56. The molecule has 2 atom stereocenters. The van der Waals surface area contributed by atoms with Crippen LogP contribution in [0.2, 0.25) is 0 Å². The fourth-order valence-corrected chi connectivity index (χ4v) is 1.13. The zero-order chi connectivity index (χ0) is 9.40. The Morgan fingerprint density at radius 3 is 2.25 bits per heavy atom. The second-order valence-corrected chi connectivity index (χ2v) is 3.08. The third kappa shape index (κ3) is 6.58. The van der Waals surface area contributed by atoms with Gasteiger partial charge in [-0.1, -0.05) is 0 Å². The molecule has 0 bridgehead atoms. The summed E-state index contributed by atoms with van der Waals surface area (Å²) in [4.78, 5) is 0. The first-order valence-electron chi connectivity index (χ1n) is 4.53. The molecule has 12 heavy (non-hydrogen) atoms. The normalized spacial score (nSPS) is 16.0. The molecule has 0 saturated carbocycles. The molecule has 0 heterocycles. The highest BCUT2D eigenvalue weighted by molar-refractivity contribution is 4.65. The van der Waals surface area contributed by atoms with Gasteiger partial charge in [0.25, 0.3) is 0 Å². The summed E-state index contributed by atoms with van der Waals surface area (Å²) in [5.74, 6) is 0. The van der Waals surface area contributed by atoms with Gasteiger partial charge in [0.15, 0.2) is 0 Å². The van der Waals surface area contributed by atoms with Crippen molar-refractivity contribution in [2.45, 2.75) is 32.9 Å². The van der Waals surface area contributed by atoms with Gasteiger partial charge in [-0.25, -0.2) is 0 Å². The van der Waals surface area contributed by atoms with Crippen molar-refractivity contribution in [3.8, 4) is 0 Å². The van der Waals surface area contributed by atoms with Crippen molar-refractivity contribution >= 4 is 0 Å². The van der Waals surface area contributed by atoms with E-state index in [1.165, 1.54) is 0 Å². The Labute approximate surface area is 75.4 Å². The van der Waals surface area contributed by atoms with Crippen LogP contribution >= 0.6 is 0 Å². The maximum Gasteiger partial charge on any atom is 0.0616 e. The van der Waals surface area contributed by atoms with Gasteiger partial charge in [-0.15, -0.1) is 0 Å². The van der Waals surface area contributed by atoms with E-state index in [-0.39, 0.29) is 0 Å². The predicted octanol–water partition coefficient (Wildman–Crippen LogP) is 1.04. The predicted molar refractivity (Wildman–Crippen MR) is 50.4 cm³/mol. The van der Waals surface area contributed by atoms with Crippen molar-refractivity contribution in [1.82, 2.24) is 5.32 Å². The van der Waals surface area contributed by atoms with Crippen molar-refractivity contribution in [3.05, 3.63) is 0 Å². The topological polar surface area (TPSA) is 30.5 Å². The van der Waals surface area contributed by atoms with Crippen molar-refractivity contribution < 1.29 is 9.47 Å². The van der Waals surface area contributed by atoms with Crippen molar-refractivity contribution in [3.63, 3.8) is 0 Å². The molecule has 0 fully saturated rings. The molecular formula is C9H21NO2. The second kappa shape index (κ2) is 7.53. The number of rotatable bonds is 7. The first-order valence-corrected chi connectivity index (χ1v) is 4.53. The molecule has 0 spiro atoms. The number of methoxy groups -OCH3 is 1. The average molecular weight is 175 g/mol. The SMILES string of the molecule is CCOCC(C)NC(C)COC. The molecule has 3 nitrogen and oxygen atoms in total. The van der Waals surface area contributed by atoms with Crippen LogP contribution in [0.5, 0.6) is 0 Å². The lowest BCUT2D eigenvalue weighted by Gasteiger charge is -2.18. The molecule has 0 aromatic carbocycles. The van der Waals surface area contributed by atoms with Gasteiger partial charge in [0, 0.05) is 25.8 Å². The molecule has 0 aromatic rings. The maximum atomic E-state index is 5.27. The van der Waals surface area contributed by atoms with Crippen molar-refractivity contribution in [1.29, 1.82) is 0 Å². The Bertz CT molecular complexity index is 98.5. The minimum atomic E-state index is 0.394. The number of nitrogens with one attached hydrogen (secondary N) is 1. The average Bonchev–Trinajstić information content (AvgIpc) is 2.01. The quantitative estimate of drug-likeness (QED) is 0.627. The van der Waals surface area contributed by atoms with E-state index in [0.717, 1.165) is 19.8 Å². The highest BCUT2D eigenvalue weighted by Crippen LogP contribution is 1.89. The van der Waals surface area contributed by atoms with Gasteiger partial charge in [-0.2, -0.15) is 0 Å². The first kappa shape index (κ1) is 11.9. The van der Waals surface area contributed by atoms with E-state index in [9.17, 15) is 0 Å². The van der Waals surface area contributed by atoms with E-state index in [4.69, 9.17) is 9.47 Å². The molecule has 0 rings (SSSR count). The Morgan fingerprint density at radius 1 is 1.17 bits per heavy atom. The highest BCUT2D eigenvalue weighted by atomic mass is 16.5. The van der Waals surface area contributed by atoms with Crippen LogP contribution in [0, 0.1) is 0 Å². The summed E-state index contributed by atoms with van der Waals surface area (Å²) >= 11 is 0. The van der Waals surface area contributed by atoms with Gasteiger partial charge in [0.1, 0.15) is 0 Å². The molecule has 0 aliphatic heterocycles. The van der Waals surface area contributed by atoms with Gasteiger partial charge in [0.2, 0.25) is 0 Å². The first-order chi connectivity index (χ1) is 5.70. The summed E-state index contributed by atoms with van der Waals surface area (Å²) in [6.07, 6.45) is 0. The van der Waals surface area contributed by atoms with E-state index in [0.29, 0.717) is 12.1 Å². The monoisotopic (exact) mass is 175 g/mol. The van der Waals surface area contributed by atoms with Gasteiger partial charge in [0.05, 0.1) is 13.2 Å². The van der Waals surface area contributed by atoms with Gasteiger partial charge in [-0.05, 0) is 20.8 Å². The van der Waals surface area contributed by atoms with Crippen LogP contribution in [0.3, 0.4) is 0 Å². The number of hydrogen-bond acceptors (Lipinski definition) is 3. The summed E-state index contributed by atoms with van der Waals surface area (Å²) in [6.45, 7) is 8.52. The lowest BCUT2D eigenvalue weighted by atomic mass is 10.3. The van der Waals surface area contributed by atoms with E-state index in [1.807, 2.05) is 6.92 Å². The van der Waals surface area contributed by atoms with Gasteiger partial charge in [-0.3, -0.25) is 0 Å². The standard InChI is InChI=1S/C9H21NO2/c1-5-12-7-9(3)10-8(2)6-11-4/h8-10H,5-7H2,1-4H3. The fourth-order valence-electron chi connectivity index (χ4n) is 1.13.